The van der Waals surface area contributed by atoms with Gasteiger partial charge in [0.2, 0.25) is 0 Å². The van der Waals surface area contributed by atoms with Crippen LogP contribution in [0.4, 0.5) is 5.69 Å². The minimum atomic E-state index is -0.351. The Kier molecular flexibility index (Phi) is 0.887. The van der Waals surface area contributed by atoms with E-state index < -0.39 is 0 Å². The summed E-state index contributed by atoms with van der Waals surface area (Å²) in [6, 6.07) is 3.42. The first-order valence-electron chi connectivity index (χ1n) is 2.79. The van der Waals surface area contributed by atoms with Crippen LogP contribution in [0.5, 0.6) is 0 Å². The van der Waals surface area contributed by atoms with Crippen molar-refractivity contribution in [1.82, 2.24) is 4.98 Å². The molecule has 1 aromatic rings. The Balaban J connectivity index is 2.70. The van der Waals surface area contributed by atoms with Gasteiger partial charge in [0, 0.05) is 6.20 Å². The predicted molar refractivity (Wildman–Crippen MR) is 33.1 cm³/mol. The van der Waals surface area contributed by atoms with Gasteiger partial charge in [0.05, 0.1) is 0 Å². The van der Waals surface area contributed by atoms with Crippen LogP contribution in [0.25, 0.3) is 0 Å². The Morgan fingerprint density at radius 1 is 1.30 bits per heavy atom. The van der Waals surface area contributed by atoms with Gasteiger partial charge >= 0.3 is 5.91 Å². The van der Waals surface area contributed by atoms with Crippen molar-refractivity contribution < 1.29 is 4.79 Å². The Morgan fingerprint density at radius 3 is 3.00 bits per heavy atom. The van der Waals surface area contributed by atoms with Crippen molar-refractivity contribution in [2.24, 2.45) is 10.2 Å². The number of pyridine rings is 1. The van der Waals surface area contributed by atoms with Crippen molar-refractivity contribution in [3.63, 3.8) is 0 Å². The standard InChI is InChI=1S/C6H3N3O/c10-6-5-4(8-9-6)2-1-3-7-5/h1-3H. The van der Waals surface area contributed by atoms with Crippen LogP contribution in [0.3, 0.4) is 0 Å². The molecule has 1 aliphatic heterocycles. The molecule has 4 nitrogen and oxygen atoms in total. The Labute approximate surface area is 56.6 Å². The maximum Gasteiger partial charge on any atom is 0.316 e. The topological polar surface area (TPSA) is 54.7 Å². The normalized spacial score (nSPS) is 13.8. The number of hydrogen-bond acceptors (Lipinski definition) is 3. The summed E-state index contributed by atoms with van der Waals surface area (Å²) in [5, 5.41) is 6.92. The second-order valence-corrected chi connectivity index (χ2v) is 1.88. The fraction of sp³-hybridized carbons (Fsp3) is 0. The van der Waals surface area contributed by atoms with Crippen LogP contribution >= 0.6 is 0 Å². The van der Waals surface area contributed by atoms with E-state index in [-0.39, 0.29) is 5.91 Å². The molecule has 0 fully saturated rings. The molecule has 0 atom stereocenters. The molecule has 1 aliphatic rings. The average Bonchev–Trinajstić information content (AvgIpc) is 2.34. The first kappa shape index (κ1) is 5.22. The minimum absolute atomic E-state index is 0.350. The smallest absolute Gasteiger partial charge is 0.263 e. The first-order chi connectivity index (χ1) is 4.88. The van der Waals surface area contributed by atoms with E-state index in [0.29, 0.717) is 11.4 Å². The van der Waals surface area contributed by atoms with Crippen molar-refractivity contribution in [3.8, 4) is 0 Å². The largest absolute Gasteiger partial charge is 0.316 e. The van der Waals surface area contributed by atoms with Gasteiger partial charge in [-0.15, -0.1) is 10.2 Å². The molecule has 2 rings (SSSR count). The fourth-order valence-corrected chi connectivity index (χ4v) is 0.789. The molecule has 2 heterocycles. The summed E-state index contributed by atoms with van der Waals surface area (Å²) in [5.41, 5.74) is 0.912. The lowest BCUT2D eigenvalue weighted by atomic mass is 10.3. The number of carbonyl (C=O) groups is 1. The lowest BCUT2D eigenvalue weighted by Crippen LogP contribution is -1.91. The van der Waals surface area contributed by atoms with Crippen molar-refractivity contribution >= 4 is 11.6 Å². The SMILES string of the molecule is O=C1N=Nc2cccnc21. The zero-order chi connectivity index (χ0) is 6.97. The molecule has 0 aliphatic carbocycles. The zero-order valence-corrected chi connectivity index (χ0v) is 4.98. The third-order valence-corrected chi connectivity index (χ3v) is 1.24. The van der Waals surface area contributed by atoms with E-state index in [1.807, 2.05) is 0 Å². The highest BCUT2D eigenvalue weighted by Gasteiger charge is 2.16. The van der Waals surface area contributed by atoms with Crippen molar-refractivity contribution in [1.29, 1.82) is 0 Å². The van der Waals surface area contributed by atoms with E-state index in [1.165, 1.54) is 0 Å². The molecule has 0 unspecified atom stereocenters. The fourth-order valence-electron chi connectivity index (χ4n) is 0.789. The number of azo groups is 1. The number of carbonyl (C=O) groups excluding carboxylic acids is 1. The third kappa shape index (κ3) is 0.556. The summed E-state index contributed by atoms with van der Waals surface area (Å²) < 4.78 is 0. The highest BCUT2D eigenvalue weighted by molar-refractivity contribution is 5.99. The summed E-state index contributed by atoms with van der Waals surface area (Å²) in [6.45, 7) is 0. The second kappa shape index (κ2) is 1.70. The molecule has 0 radical (unpaired) electrons. The Bertz CT molecular complexity index is 319. The summed E-state index contributed by atoms with van der Waals surface area (Å²) in [4.78, 5) is 14.5. The van der Waals surface area contributed by atoms with E-state index in [9.17, 15) is 4.79 Å². The number of hydrogen-bond donors (Lipinski definition) is 0. The lowest BCUT2D eigenvalue weighted by Gasteiger charge is -1.86. The van der Waals surface area contributed by atoms with Crippen molar-refractivity contribution in [3.05, 3.63) is 24.0 Å². The zero-order valence-electron chi connectivity index (χ0n) is 4.98. The maximum atomic E-state index is 10.7. The van der Waals surface area contributed by atoms with Crippen LogP contribution < -0.4 is 0 Å². The van der Waals surface area contributed by atoms with Crippen LogP contribution in [0.2, 0.25) is 0 Å². The van der Waals surface area contributed by atoms with Gasteiger partial charge in [0.25, 0.3) is 0 Å². The quantitative estimate of drug-likeness (QED) is 0.535. The van der Waals surface area contributed by atoms with E-state index in [0.717, 1.165) is 0 Å². The number of rotatable bonds is 0. The van der Waals surface area contributed by atoms with Gasteiger partial charge in [-0.05, 0) is 12.1 Å². The van der Waals surface area contributed by atoms with Crippen LogP contribution in [0.15, 0.2) is 28.6 Å². The van der Waals surface area contributed by atoms with Gasteiger partial charge in [0.1, 0.15) is 5.69 Å². The molecule has 0 N–H and O–H groups in total. The van der Waals surface area contributed by atoms with Gasteiger partial charge in [-0.3, -0.25) is 4.79 Å². The molecule has 0 saturated carbocycles. The molecule has 0 bridgehead atoms. The van der Waals surface area contributed by atoms with Crippen LogP contribution in [0, 0.1) is 0 Å². The van der Waals surface area contributed by atoms with E-state index in [2.05, 4.69) is 15.2 Å². The van der Waals surface area contributed by atoms with Gasteiger partial charge in [-0.2, -0.15) is 0 Å². The van der Waals surface area contributed by atoms with Crippen LogP contribution in [0.1, 0.15) is 10.5 Å². The number of amides is 1. The molecule has 1 aromatic heterocycles. The molecule has 0 saturated heterocycles. The molecular formula is C6H3N3O. The summed E-state index contributed by atoms with van der Waals surface area (Å²) in [7, 11) is 0. The van der Waals surface area contributed by atoms with Gasteiger partial charge in [0.15, 0.2) is 5.69 Å². The van der Waals surface area contributed by atoms with Gasteiger partial charge in [-0.1, -0.05) is 0 Å². The molecule has 0 aromatic carbocycles. The van der Waals surface area contributed by atoms with E-state index in [1.54, 1.807) is 18.3 Å². The van der Waals surface area contributed by atoms with Crippen molar-refractivity contribution in [2.45, 2.75) is 0 Å². The highest BCUT2D eigenvalue weighted by atomic mass is 16.2. The van der Waals surface area contributed by atoms with Gasteiger partial charge < -0.3 is 0 Å². The number of fused-ring (bicyclic) bond motifs is 1. The van der Waals surface area contributed by atoms with Crippen LogP contribution in [-0.2, 0) is 0 Å². The molecular weight excluding hydrogens is 130 g/mol. The Morgan fingerprint density at radius 2 is 2.20 bits per heavy atom. The minimum Gasteiger partial charge on any atom is -0.263 e. The molecule has 0 spiro atoms. The van der Waals surface area contributed by atoms with E-state index in [4.69, 9.17) is 0 Å². The lowest BCUT2D eigenvalue weighted by molar-refractivity contribution is 0.0998. The summed E-state index contributed by atoms with van der Waals surface area (Å²) in [6.07, 6.45) is 1.55. The number of aromatic nitrogens is 1. The summed E-state index contributed by atoms with van der Waals surface area (Å²) in [5.74, 6) is -0.351. The van der Waals surface area contributed by atoms with Crippen molar-refractivity contribution in [2.75, 3.05) is 0 Å². The van der Waals surface area contributed by atoms with Gasteiger partial charge in [-0.25, -0.2) is 4.98 Å². The number of nitrogens with zero attached hydrogens (tertiary/aromatic N) is 3. The second-order valence-electron chi connectivity index (χ2n) is 1.88. The molecule has 48 valence electrons. The molecule has 1 amide bonds. The average molecular weight is 133 g/mol. The third-order valence-electron chi connectivity index (χ3n) is 1.24. The van der Waals surface area contributed by atoms with Crippen LogP contribution in [-0.4, -0.2) is 10.9 Å². The predicted octanol–water partition coefficient (Wildman–Crippen LogP) is 1.32. The molecule has 4 heteroatoms. The highest BCUT2D eigenvalue weighted by Crippen LogP contribution is 2.22. The maximum absolute atomic E-state index is 10.7. The summed E-state index contributed by atoms with van der Waals surface area (Å²) >= 11 is 0. The van der Waals surface area contributed by atoms with E-state index >= 15 is 0 Å². The first-order valence-corrected chi connectivity index (χ1v) is 2.79. The molecule has 10 heavy (non-hydrogen) atoms. The Hall–Kier alpha value is -1.58. The monoisotopic (exact) mass is 133 g/mol.